The van der Waals surface area contributed by atoms with E-state index < -0.39 is 51.8 Å². The number of nitrogens with one attached hydrogen (secondary N) is 1. The van der Waals surface area contributed by atoms with Crippen LogP contribution in [0, 0.1) is 5.82 Å². The highest BCUT2D eigenvalue weighted by atomic mass is 32.2. The Morgan fingerprint density at radius 2 is 1.54 bits per heavy atom. The van der Waals surface area contributed by atoms with Crippen LogP contribution in [-0.2, 0) is 28.9 Å². The second-order valence-electron chi connectivity index (χ2n) is 11.2. The first-order valence-electron chi connectivity index (χ1n) is 14.2. The Morgan fingerprint density at radius 3 is 2.11 bits per heavy atom. The minimum absolute atomic E-state index is 0.0278. The quantitative estimate of drug-likeness (QED) is 0.329. The van der Waals surface area contributed by atoms with Crippen molar-refractivity contribution in [1.82, 2.24) is 14.6 Å². The molecule has 1 fully saturated rings. The second kappa shape index (κ2) is 12.7. The summed E-state index contributed by atoms with van der Waals surface area (Å²) in [5, 5.41) is 0. The minimum atomic E-state index is -5.05. The van der Waals surface area contributed by atoms with E-state index in [1.165, 1.54) is 24.3 Å². The molecule has 3 heterocycles. The van der Waals surface area contributed by atoms with Crippen molar-refractivity contribution in [3.8, 4) is 17.0 Å². The van der Waals surface area contributed by atoms with Gasteiger partial charge in [-0.25, -0.2) is 17.5 Å². The number of carbonyl (C=O) groups is 1. The number of rotatable bonds is 6. The van der Waals surface area contributed by atoms with E-state index in [1.807, 2.05) is 4.90 Å². The van der Waals surface area contributed by atoms with Gasteiger partial charge >= 0.3 is 12.4 Å². The number of hydrogen-bond acceptors (Lipinski definition) is 6. The Labute approximate surface area is 260 Å². The fourth-order valence-corrected chi connectivity index (χ4v) is 6.38. The Hall–Kier alpha value is -3.92. The van der Waals surface area contributed by atoms with Gasteiger partial charge in [0.2, 0.25) is 15.9 Å². The Kier molecular flexibility index (Phi) is 9.23. The number of alkyl halides is 6. The van der Waals surface area contributed by atoms with Crippen molar-refractivity contribution in [2.24, 2.45) is 0 Å². The molecule has 0 aliphatic carbocycles. The van der Waals surface area contributed by atoms with Crippen molar-refractivity contribution >= 4 is 21.7 Å². The molecule has 248 valence electrons. The number of carbonyl (C=O) groups excluding carboxylic acids is 1. The number of anilines is 1. The number of ether oxygens (including phenoxy) is 1. The Bertz CT molecular complexity index is 1670. The maximum Gasteiger partial charge on any atom is 0.416 e. The molecule has 0 spiro atoms. The molecule has 1 amide bonds. The van der Waals surface area contributed by atoms with E-state index in [4.69, 9.17) is 4.74 Å². The highest BCUT2D eigenvalue weighted by Crippen LogP contribution is 2.39. The molecular formula is C30H29F7N4O4S. The van der Waals surface area contributed by atoms with Gasteiger partial charge in [0, 0.05) is 37.8 Å². The zero-order valence-corrected chi connectivity index (χ0v) is 25.2. The van der Waals surface area contributed by atoms with Gasteiger partial charge in [0.15, 0.2) is 0 Å². The van der Waals surface area contributed by atoms with Crippen LogP contribution in [0.15, 0.2) is 48.5 Å². The summed E-state index contributed by atoms with van der Waals surface area (Å²) in [5.41, 5.74) is -2.76. The third kappa shape index (κ3) is 7.89. The lowest BCUT2D eigenvalue weighted by molar-refractivity contribution is -0.143. The third-order valence-electron chi connectivity index (χ3n) is 7.66. The molecule has 5 rings (SSSR count). The van der Waals surface area contributed by atoms with E-state index in [1.54, 1.807) is 6.07 Å². The monoisotopic (exact) mass is 674 g/mol. The summed E-state index contributed by atoms with van der Waals surface area (Å²) in [7, 11) is -3.41. The van der Waals surface area contributed by atoms with Gasteiger partial charge in [0.1, 0.15) is 17.2 Å². The van der Waals surface area contributed by atoms with Crippen LogP contribution < -0.4 is 14.4 Å². The average Bonchev–Trinajstić information content (AvgIpc) is 2.96. The first-order chi connectivity index (χ1) is 21.5. The van der Waals surface area contributed by atoms with Gasteiger partial charge in [0.05, 0.1) is 24.0 Å². The lowest BCUT2D eigenvalue weighted by Crippen LogP contribution is -2.44. The topological polar surface area (TPSA) is 91.8 Å². The van der Waals surface area contributed by atoms with Gasteiger partial charge in [-0.2, -0.15) is 31.3 Å². The van der Waals surface area contributed by atoms with Gasteiger partial charge in [-0.1, -0.05) is 12.1 Å². The molecule has 16 heteroatoms. The van der Waals surface area contributed by atoms with Crippen molar-refractivity contribution in [2.45, 2.75) is 44.2 Å². The van der Waals surface area contributed by atoms with Crippen molar-refractivity contribution in [3.05, 3.63) is 76.6 Å². The smallest absolute Gasteiger partial charge is 0.416 e. The number of hydrogen-bond donors (Lipinski definition) is 1. The Morgan fingerprint density at radius 1 is 0.935 bits per heavy atom. The molecule has 1 aromatic heterocycles. The summed E-state index contributed by atoms with van der Waals surface area (Å²) in [6.45, 7) is 0.239. The number of sulfonamides is 1. The fraction of sp³-hybridized carbons (Fsp3) is 0.400. The van der Waals surface area contributed by atoms with E-state index in [-0.39, 0.29) is 54.3 Å². The van der Waals surface area contributed by atoms with Crippen LogP contribution in [0.5, 0.6) is 5.88 Å². The normalized spacial score (nSPS) is 16.9. The largest absolute Gasteiger partial charge is 0.477 e. The zero-order valence-electron chi connectivity index (χ0n) is 24.4. The molecular weight excluding hydrogens is 645 g/mol. The molecule has 1 N–H and O–H groups in total. The molecule has 8 nitrogen and oxygen atoms in total. The second-order valence-corrected chi connectivity index (χ2v) is 13.0. The molecule has 1 saturated heterocycles. The molecule has 0 radical (unpaired) electrons. The number of pyridine rings is 1. The van der Waals surface area contributed by atoms with Crippen molar-refractivity contribution < 1.29 is 48.7 Å². The maximum atomic E-state index is 14.1. The van der Waals surface area contributed by atoms with E-state index in [9.17, 15) is 43.9 Å². The number of piperidine rings is 1. The van der Waals surface area contributed by atoms with Crippen LogP contribution in [0.1, 0.15) is 46.3 Å². The zero-order chi connectivity index (χ0) is 33.4. The standard InChI is InChI=1S/C30H29F7N4O4S/c1-46(43,44)39-23-7-10-40(11-8-23)25-16-24(19-3-5-22(31)6-4-19)26-27(38-25)45-12-2-9-41(28(26)42)17-18-13-20(29(32,33)34)15-21(14-18)30(35,36)37/h3-6,13-16,23,39H,2,7-12,17H2,1H3. The lowest BCUT2D eigenvalue weighted by Gasteiger charge is -2.34. The van der Waals surface area contributed by atoms with Crippen LogP contribution in [0.4, 0.5) is 36.6 Å². The number of benzene rings is 2. The van der Waals surface area contributed by atoms with Gasteiger partial charge in [-0.3, -0.25) is 4.79 Å². The molecule has 3 aromatic rings. The predicted molar refractivity (Wildman–Crippen MR) is 154 cm³/mol. The van der Waals surface area contributed by atoms with Crippen molar-refractivity contribution in [2.75, 3.05) is 37.4 Å². The Balaban J connectivity index is 1.54. The van der Waals surface area contributed by atoms with Crippen LogP contribution in [0.2, 0.25) is 0 Å². The molecule has 2 aromatic carbocycles. The average molecular weight is 675 g/mol. The maximum absolute atomic E-state index is 14.1. The van der Waals surface area contributed by atoms with E-state index in [0.29, 0.717) is 49.4 Å². The molecule has 0 atom stereocenters. The van der Waals surface area contributed by atoms with Gasteiger partial charge in [-0.05, 0) is 66.8 Å². The minimum Gasteiger partial charge on any atom is -0.477 e. The highest BCUT2D eigenvalue weighted by Gasteiger charge is 2.38. The SMILES string of the molecule is CS(=O)(=O)NC1CCN(c2cc(-c3ccc(F)cc3)c3c(n2)OCCCN(Cc2cc(C(F)(F)F)cc(C(F)(F)F)c2)C3=O)CC1. The first-order valence-corrected chi connectivity index (χ1v) is 16.1. The van der Waals surface area contributed by atoms with Gasteiger partial charge < -0.3 is 14.5 Å². The summed E-state index contributed by atoms with van der Waals surface area (Å²) in [4.78, 5) is 21.7. The number of aromatic nitrogens is 1. The van der Waals surface area contributed by atoms with Crippen LogP contribution >= 0.6 is 0 Å². The van der Waals surface area contributed by atoms with E-state index >= 15 is 0 Å². The molecule has 0 unspecified atom stereocenters. The fourth-order valence-electron chi connectivity index (χ4n) is 5.53. The summed E-state index contributed by atoms with van der Waals surface area (Å²) in [6, 6.07) is 7.71. The van der Waals surface area contributed by atoms with E-state index in [0.717, 1.165) is 11.2 Å². The number of halogens is 7. The predicted octanol–water partition coefficient (Wildman–Crippen LogP) is 5.87. The van der Waals surface area contributed by atoms with Gasteiger partial charge in [0.25, 0.3) is 5.91 Å². The highest BCUT2D eigenvalue weighted by molar-refractivity contribution is 7.88. The number of fused-ring (bicyclic) bond motifs is 1. The molecule has 46 heavy (non-hydrogen) atoms. The third-order valence-corrected chi connectivity index (χ3v) is 8.42. The summed E-state index contributed by atoms with van der Waals surface area (Å²) >= 11 is 0. The molecule has 0 bridgehead atoms. The number of nitrogens with zero attached hydrogens (tertiary/aromatic N) is 3. The molecule has 2 aliphatic rings. The van der Waals surface area contributed by atoms with Crippen molar-refractivity contribution in [3.63, 3.8) is 0 Å². The van der Waals surface area contributed by atoms with Crippen LogP contribution in [0.3, 0.4) is 0 Å². The summed E-state index contributed by atoms with van der Waals surface area (Å²) in [5.74, 6) is -0.989. The van der Waals surface area contributed by atoms with Crippen LogP contribution in [0.25, 0.3) is 11.1 Å². The molecule has 2 aliphatic heterocycles. The lowest BCUT2D eigenvalue weighted by atomic mass is 9.98. The van der Waals surface area contributed by atoms with Gasteiger partial charge in [-0.15, -0.1) is 0 Å². The summed E-state index contributed by atoms with van der Waals surface area (Å²) < 4.78 is 127. The number of amides is 1. The van der Waals surface area contributed by atoms with Crippen LogP contribution in [-0.4, -0.2) is 62.7 Å². The first kappa shape index (κ1) is 33.4. The van der Waals surface area contributed by atoms with E-state index in [2.05, 4.69) is 9.71 Å². The summed E-state index contributed by atoms with van der Waals surface area (Å²) in [6.07, 6.45) is -7.91. The molecule has 0 saturated carbocycles. The van der Waals surface area contributed by atoms with Crippen molar-refractivity contribution in [1.29, 1.82) is 0 Å².